The highest BCUT2D eigenvalue weighted by Gasteiger charge is 2.62. The minimum absolute atomic E-state index is 0.165. The van der Waals surface area contributed by atoms with Crippen LogP contribution in [0.1, 0.15) is 80.4 Å². The lowest BCUT2D eigenvalue weighted by atomic mass is 10.1. The maximum atomic E-state index is 14.6. The first-order valence-corrected chi connectivity index (χ1v) is 22.7. The van der Waals surface area contributed by atoms with Crippen LogP contribution in [0.2, 0.25) is 5.28 Å². The van der Waals surface area contributed by atoms with E-state index in [1.165, 1.54) is 43.8 Å². The molecule has 24 heteroatoms. The normalized spacial score (nSPS) is 24.2. The Hall–Kier alpha value is -3.05. The van der Waals surface area contributed by atoms with E-state index >= 15 is 0 Å². The smallest absolute Gasteiger partial charge is 0.416 e. The number of urea groups is 1. The number of methoxy groups -OCH3 is 1. The number of carbonyl (C=O) groups excluding carboxylic acids is 3. The molecular formula is C34H54ClN8O13PS. The second-order valence-corrected chi connectivity index (χ2v) is 19.9. The van der Waals surface area contributed by atoms with Gasteiger partial charge >= 0.3 is 25.6 Å². The van der Waals surface area contributed by atoms with Gasteiger partial charge in [0, 0.05) is 26.5 Å². The van der Waals surface area contributed by atoms with E-state index in [1.54, 1.807) is 34.6 Å². The Bertz CT molecular complexity index is 2010. The fourth-order valence-corrected chi connectivity index (χ4v) is 10.2. The van der Waals surface area contributed by atoms with E-state index in [0.29, 0.717) is 5.39 Å². The van der Waals surface area contributed by atoms with Crippen LogP contribution in [0.3, 0.4) is 0 Å². The molecule has 4 heterocycles. The molecule has 3 fully saturated rings. The molecule has 326 valence electrons. The third-order valence-corrected chi connectivity index (χ3v) is 13.0. The SMILES string of the molecule is CCOP(=O)(OCC)[C@](COC)(OC[C@H]1O[C@@H](n2ncc3c(N(C(=O)OC(C)(C)C)C4CCCC4)nc(Cl)nc32)[C@@H]2OC(C)(C)O[C@@H]21)C(=O)N=S(C)(=O)NC(=O)NC. The highest BCUT2D eigenvalue weighted by atomic mass is 35.5. The summed E-state index contributed by atoms with van der Waals surface area (Å²) in [6.45, 7) is 10.1. The summed E-state index contributed by atoms with van der Waals surface area (Å²) in [5.41, 5.74) is -0.581. The summed E-state index contributed by atoms with van der Waals surface area (Å²) in [5, 5.41) is 4.42. The molecule has 6 atom stereocenters. The summed E-state index contributed by atoms with van der Waals surface area (Å²) in [6, 6.07) is -1.10. The number of nitrogens with zero attached hydrogens (tertiary/aromatic N) is 6. The zero-order valence-electron chi connectivity index (χ0n) is 34.3. The van der Waals surface area contributed by atoms with Crippen molar-refractivity contribution in [3.8, 4) is 0 Å². The number of halogens is 1. The monoisotopic (exact) mass is 880 g/mol. The van der Waals surface area contributed by atoms with E-state index in [-0.39, 0.29) is 36.0 Å². The molecule has 2 aliphatic heterocycles. The molecule has 1 saturated carbocycles. The van der Waals surface area contributed by atoms with Crippen molar-refractivity contribution in [2.75, 3.05) is 51.7 Å². The summed E-state index contributed by atoms with van der Waals surface area (Å²) in [5.74, 6) is -2.28. The van der Waals surface area contributed by atoms with Gasteiger partial charge < -0.3 is 42.8 Å². The van der Waals surface area contributed by atoms with Gasteiger partial charge in [-0.15, -0.1) is 4.36 Å². The molecule has 2 aromatic rings. The average Bonchev–Trinajstić information content (AvgIpc) is 3.90. The minimum Gasteiger partial charge on any atom is -0.443 e. The molecule has 0 radical (unpaired) electrons. The standard InChI is InChI=1S/C34H54ClN8O13PS/c1-11-51-57(47,52-12-2)34(19-49-9,28(44)40-58(10,48)41-30(45)36-8)50-18-22-23-24(55-33(6,7)54-23)27(53-22)43-26-21(17-37-43)25(38-29(35)39-26)42(20-15-13-14-16-20)31(46)56-32(3,4)5/h17,20,22-24,27H,11-16,18-19H2,1-10H3,(H2,36,40,41,44,45,48)/t22-,23-,24-,27-,34+,58?/m1/s1. The average molecular weight is 881 g/mol. The number of hydrogen-bond donors (Lipinski definition) is 2. The van der Waals surface area contributed by atoms with Gasteiger partial charge in [-0.05, 0) is 72.9 Å². The summed E-state index contributed by atoms with van der Waals surface area (Å²) in [4.78, 5) is 50.5. The van der Waals surface area contributed by atoms with E-state index in [2.05, 4.69) is 29.5 Å². The summed E-state index contributed by atoms with van der Waals surface area (Å²) in [6.07, 6.45) is 1.32. The summed E-state index contributed by atoms with van der Waals surface area (Å²) in [7, 11) is -5.97. The molecule has 2 N–H and O–H groups in total. The number of amides is 4. The van der Waals surface area contributed by atoms with Gasteiger partial charge in [0.15, 0.2) is 23.5 Å². The maximum Gasteiger partial charge on any atom is 0.416 e. The van der Waals surface area contributed by atoms with Gasteiger partial charge in [-0.1, -0.05) is 12.8 Å². The molecule has 2 aromatic heterocycles. The highest BCUT2D eigenvalue weighted by molar-refractivity contribution is 7.91. The van der Waals surface area contributed by atoms with Gasteiger partial charge in [0.05, 0.1) is 38.0 Å². The van der Waals surface area contributed by atoms with E-state index in [9.17, 15) is 23.2 Å². The molecule has 1 aliphatic carbocycles. The number of rotatable bonds is 15. The van der Waals surface area contributed by atoms with Crippen molar-refractivity contribution in [3.05, 3.63) is 11.5 Å². The fourth-order valence-electron chi connectivity index (χ4n) is 7.04. The first-order chi connectivity index (χ1) is 27.1. The van der Waals surface area contributed by atoms with Gasteiger partial charge in [0.25, 0.3) is 5.34 Å². The molecule has 1 unspecified atom stereocenters. The molecule has 21 nitrogen and oxygen atoms in total. The van der Waals surface area contributed by atoms with Crippen LogP contribution in [0.4, 0.5) is 15.4 Å². The Kier molecular flexibility index (Phi) is 14.2. The largest absolute Gasteiger partial charge is 0.443 e. The van der Waals surface area contributed by atoms with Gasteiger partial charge in [-0.2, -0.15) is 15.1 Å². The Morgan fingerprint density at radius 2 is 1.76 bits per heavy atom. The number of hydrogen-bond acceptors (Lipinski definition) is 16. The van der Waals surface area contributed by atoms with Crippen LogP contribution in [0.25, 0.3) is 11.0 Å². The lowest BCUT2D eigenvalue weighted by Gasteiger charge is -2.36. The van der Waals surface area contributed by atoms with Crippen LogP contribution in [-0.4, -0.2) is 130 Å². The van der Waals surface area contributed by atoms with E-state index in [0.717, 1.165) is 31.9 Å². The first-order valence-electron chi connectivity index (χ1n) is 18.9. The number of nitrogens with one attached hydrogen (secondary N) is 2. The van der Waals surface area contributed by atoms with E-state index < -0.39 is 90.0 Å². The molecule has 2 saturated heterocycles. The van der Waals surface area contributed by atoms with Crippen LogP contribution in [0.5, 0.6) is 0 Å². The van der Waals surface area contributed by atoms with Crippen LogP contribution < -0.4 is 14.9 Å². The van der Waals surface area contributed by atoms with Crippen LogP contribution >= 0.6 is 19.2 Å². The predicted octanol–water partition coefficient (Wildman–Crippen LogP) is 4.68. The molecule has 3 aliphatic rings. The first kappa shape index (κ1) is 46.0. The lowest BCUT2D eigenvalue weighted by Crippen LogP contribution is -2.49. The molecule has 0 spiro atoms. The minimum atomic E-state index is -4.68. The van der Waals surface area contributed by atoms with Gasteiger partial charge in [0.1, 0.15) is 33.8 Å². The second kappa shape index (κ2) is 17.9. The molecule has 0 aromatic carbocycles. The highest BCUT2D eigenvalue weighted by Crippen LogP contribution is 2.62. The Morgan fingerprint density at radius 1 is 1.12 bits per heavy atom. The Balaban J connectivity index is 1.56. The zero-order valence-corrected chi connectivity index (χ0v) is 36.8. The molecule has 58 heavy (non-hydrogen) atoms. The van der Waals surface area contributed by atoms with E-state index in [1.807, 2.05) is 0 Å². The Labute approximate surface area is 342 Å². The molecule has 0 bridgehead atoms. The number of ether oxygens (including phenoxy) is 6. The van der Waals surface area contributed by atoms with Crippen molar-refractivity contribution in [2.24, 2.45) is 4.36 Å². The zero-order chi connectivity index (χ0) is 42.8. The van der Waals surface area contributed by atoms with Crippen molar-refractivity contribution in [3.63, 3.8) is 0 Å². The third-order valence-electron chi connectivity index (χ3n) is 9.25. The quantitative estimate of drug-likeness (QED) is 0.182. The second-order valence-electron chi connectivity index (χ2n) is 15.3. The van der Waals surface area contributed by atoms with Gasteiger partial charge in [0.2, 0.25) is 5.28 Å². The number of aromatic nitrogens is 4. The Morgan fingerprint density at radius 3 is 2.34 bits per heavy atom. The maximum absolute atomic E-state index is 14.6. The van der Waals surface area contributed by atoms with Crippen molar-refractivity contribution < 1.29 is 60.6 Å². The van der Waals surface area contributed by atoms with Crippen molar-refractivity contribution in [1.29, 1.82) is 0 Å². The predicted molar refractivity (Wildman–Crippen MR) is 210 cm³/mol. The molecule has 5 rings (SSSR count). The molecule has 4 amide bonds. The van der Waals surface area contributed by atoms with Crippen LogP contribution in [0, 0.1) is 0 Å². The van der Waals surface area contributed by atoms with Gasteiger partial charge in [-0.3, -0.25) is 19.0 Å². The van der Waals surface area contributed by atoms with E-state index in [4.69, 9.17) is 49.1 Å². The topological polar surface area (TPSA) is 242 Å². The third kappa shape index (κ3) is 9.77. The lowest BCUT2D eigenvalue weighted by molar-refractivity contribution is -0.207. The van der Waals surface area contributed by atoms with Crippen LogP contribution in [0.15, 0.2) is 10.6 Å². The van der Waals surface area contributed by atoms with Gasteiger partial charge in [-0.25, -0.2) is 18.5 Å². The summed E-state index contributed by atoms with van der Waals surface area (Å²) >= 11 is 6.56. The van der Waals surface area contributed by atoms with Crippen molar-refractivity contribution in [2.45, 2.75) is 121 Å². The fraction of sp³-hybridized carbons (Fsp3) is 0.765. The molecular weight excluding hydrogens is 827 g/mol. The van der Waals surface area contributed by atoms with Crippen LogP contribution in [-0.2, 0) is 56.7 Å². The number of fused-ring (bicyclic) bond motifs is 2. The number of carbonyl (C=O) groups is 3. The van der Waals surface area contributed by atoms with Crippen molar-refractivity contribution >= 4 is 64.0 Å². The summed E-state index contributed by atoms with van der Waals surface area (Å²) < 4.78 is 83.0. The number of anilines is 1. The van der Waals surface area contributed by atoms with Crippen molar-refractivity contribution in [1.82, 2.24) is 29.8 Å².